The number of methoxy groups -OCH3 is 3. The number of aliphatic hydroxyl groups is 2. The highest BCUT2D eigenvalue weighted by molar-refractivity contribution is 5.53. The number of ether oxygens (including phenoxy) is 4. The summed E-state index contributed by atoms with van der Waals surface area (Å²) in [6.07, 6.45) is -0.448. The summed E-state index contributed by atoms with van der Waals surface area (Å²) in [4.78, 5) is 0. The van der Waals surface area contributed by atoms with Crippen molar-refractivity contribution in [1.29, 1.82) is 0 Å². The molecule has 8 heteroatoms. The maximum absolute atomic E-state index is 11.3. The zero-order chi connectivity index (χ0) is 21.2. The summed E-state index contributed by atoms with van der Waals surface area (Å²) in [5.74, 6) is 0.135. The molecule has 29 heavy (non-hydrogen) atoms. The molecule has 1 fully saturated rings. The average molecular weight is 406 g/mol. The molecule has 1 heterocycles. The Morgan fingerprint density at radius 2 is 1.62 bits per heavy atom. The smallest absolute Gasteiger partial charge is 0.200 e. The van der Waals surface area contributed by atoms with Crippen LogP contribution in [-0.4, -0.2) is 60.6 Å². The Balaban J connectivity index is 1.92. The van der Waals surface area contributed by atoms with Crippen molar-refractivity contribution >= 4 is 0 Å². The molecule has 0 bridgehead atoms. The Kier molecular flexibility index (Phi) is 6.07. The fourth-order valence-electron chi connectivity index (χ4n) is 3.75. The van der Waals surface area contributed by atoms with E-state index in [1.54, 1.807) is 24.3 Å². The first-order valence-corrected chi connectivity index (χ1v) is 9.13. The molecule has 1 saturated heterocycles. The van der Waals surface area contributed by atoms with E-state index in [1.165, 1.54) is 27.4 Å². The Labute approximate surface area is 168 Å². The van der Waals surface area contributed by atoms with Gasteiger partial charge in [-0.1, -0.05) is 6.07 Å². The van der Waals surface area contributed by atoms with Crippen molar-refractivity contribution in [3.8, 4) is 28.7 Å². The third-order valence-corrected chi connectivity index (χ3v) is 5.41. The fourth-order valence-corrected chi connectivity index (χ4v) is 3.75. The lowest BCUT2D eigenvalue weighted by Crippen LogP contribution is -2.44. The van der Waals surface area contributed by atoms with Crippen LogP contribution < -0.4 is 14.2 Å². The van der Waals surface area contributed by atoms with Crippen molar-refractivity contribution < 1.29 is 39.4 Å². The topological polar surface area (TPSA) is 118 Å². The summed E-state index contributed by atoms with van der Waals surface area (Å²) in [7, 11) is 4.28. The first-order valence-electron chi connectivity index (χ1n) is 9.13. The summed E-state index contributed by atoms with van der Waals surface area (Å²) in [5, 5.41) is 41.3. The van der Waals surface area contributed by atoms with Crippen molar-refractivity contribution in [2.75, 3.05) is 34.5 Å². The number of benzene rings is 2. The number of hydrogen-bond donors (Lipinski definition) is 4. The van der Waals surface area contributed by atoms with Gasteiger partial charge in [0.05, 0.1) is 34.5 Å². The van der Waals surface area contributed by atoms with Gasteiger partial charge in [0.2, 0.25) is 5.75 Å². The van der Waals surface area contributed by atoms with E-state index in [2.05, 4.69) is 0 Å². The van der Waals surface area contributed by atoms with Gasteiger partial charge >= 0.3 is 0 Å². The van der Waals surface area contributed by atoms with Gasteiger partial charge in [0.25, 0.3) is 0 Å². The number of hydrogen-bond acceptors (Lipinski definition) is 8. The van der Waals surface area contributed by atoms with Gasteiger partial charge in [-0.3, -0.25) is 0 Å². The Morgan fingerprint density at radius 3 is 2.17 bits per heavy atom. The summed E-state index contributed by atoms with van der Waals surface area (Å²) >= 11 is 0. The fraction of sp³-hybridized carbons (Fsp3) is 0.429. The van der Waals surface area contributed by atoms with E-state index in [1.807, 2.05) is 0 Å². The van der Waals surface area contributed by atoms with E-state index < -0.39 is 24.2 Å². The van der Waals surface area contributed by atoms with E-state index >= 15 is 0 Å². The Bertz CT molecular complexity index is 843. The third-order valence-electron chi connectivity index (χ3n) is 5.41. The molecule has 0 amide bonds. The lowest BCUT2D eigenvalue weighted by Gasteiger charge is -2.32. The molecular weight excluding hydrogens is 380 g/mol. The van der Waals surface area contributed by atoms with Crippen LogP contribution in [0.5, 0.6) is 28.7 Å². The van der Waals surface area contributed by atoms with Crippen LogP contribution in [0, 0.1) is 5.92 Å². The quantitative estimate of drug-likeness (QED) is 0.550. The number of aromatic hydroxyl groups is 2. The summed E-state index contributed by atoms with van der Waals surface area (Å²) in [6.45, 7) is -0.320. The lowest BCUT2D eigenvalue weighted by molar-refractivity contribution is -0.0883. The number of aliphatic hydroxyl groups excluding tert-OH is 1. The lowest BCUT2D eigenvalue weighted by atomic mass is 9.80. The predicted molar refractivity (Wildman–Crippen MR) is 104 cm³/mol. The first kappa shape index (κ1) is 21.0. The van der Waals surface area contributed by atoms with Crippen LogP contribution in [0.3, 0.4) is 0 Å². The molecule has 8 nitrogen and oxygen atoms in total. The molecule has 2 aromatic carbocycles. The minimum Gasteiger partial charge on any atom is -0.504 e. The van der Waals surface area contributed by atoms with Gasteiger partial charge in [-0.2, -0.15) is 0 Å². The van der Waals surface area contributed by atoms with E-state index in [-0.39, 0.29) is 29.6 Å². The minimum atomic E-state index is -1.57. The zero-order valence-corrected chi connectivity index (χ0v) is 16.6. The van der Waals surface area contributed by atoms with Gasteiger partial charge in [-0.05, 0) is 41.8 Å². The van der Waals surface area contributed by atoms with E-state index in [0.29, 0.717) is 17.7 Å². The molecule has 0 aliphatic carbocycles. The number of phenols is 2. The predicted octanol–water partition coefficient (Wildman–Crippen LogP) is 1.78. The van der Waals surface area contributed by atoms with Gasteiger partial charge in [-0.15, -0.1) is 0 Å². The monoisotopic (exact) mass is 406 g/mol. The highest BCUT2D eigenvalue weighted by Crippen LogP contribution is 2.47. The molecule has 0 radical (unpaired) electrons. The van der Waals surface area contributed by atoms with Crippen LogP contribution in [-0.2, 0) is 11.2 Å². The molecule has 0 unspecified atom stereocenters. The van der Waals surface area contributed by atoms with Crippen molar-refractivity contribution in [3.05, 3.63) is 41.5 Å². The second-order valence-corrected chi connectivity index (χ2v) is 7.04. The van der Waals surface area contributed by atoms with Gasteiger partial charge in [-0.25, -0.2) is 0 Å². The van der Waals surface area contributed by atoms with Gasteiger partial charge in [0.1, 0.15) is 11.7 Å². The second-order valence-electron chi connectivity index (χ2n) is 7.04. The molecule has 3 atom stereocenters. The highest BCUT2D eigenvalue weighted by Gasteiger charge is 2.51. The molecule has 3 rings (SSSR count). The van der Waals surface area contributed by atoms with Crippen LogP contribution >= 0.6 is 0 Å². The number of phenolic OH excluding ortho intramolecular Hbond substituents is 2. The SMILES string of the molecule is COc1cc(C[C@H]2CO[C@H](c3cc(OC)c(O)c(OC)c3)[C@@]2(O)CO)ccc1O. The van der Waals surface area contributed by atoms with E-state index in [4.69, 9.17) is 18.9 Å². The van der Waals surface area contributed by atoms with Crippen molar-refractivity contribution in [1.82, 2.24) is 0 Å². The molecule has 0 aromatic heterocycles. The molecule has 1 aliphatic heterocycles. The highest BCUT2D eigenvalue weighted by atomic mass is 16.5. The van der Waals surface area contributed by atoms with Crippen LogP contribution in [0.15, 0.2) is 30.3 Å². The third kappa shape index (κ3) is 3.78. The largest absolute Gasteiger partial charge is 0.504 e. The zero-order valence-electron chi connectivity index (χ0n) is 16.6. The van der Waals surface area contributed by atoms with Crippen molar-refractivity contribution in [2.45, 2.75) is 18.1 Å². The normalized spacial score (nSPS) is 23.8. The van der Waals surface area contributed by atoms with Crippen LogP contribution in [0.4, 0.5) is 0 Å². The summed E-state index contributed by atoms with van der Waals surface area (Å²) in [5.41, 5.74) is -0.238. The van der Waals surface area contributed by atoms with Gasteiger partial charge in [0, 0.05) is 5.92 Å². The molecular formula is C21H26O8. The average Bonchev–Trinajstić information content (AvgIpc) is 3.06. The van der Waals surface area contributed by atoms with Crippen molar-refractivity contribution in [3.63, 3.8) is 0 Å². The van der Waals surface area contributed by atoms with Crippen LogP contribution in [0.25, 0.3) is 0 Å². The summed E-state index contributed by atoms with van der Waals surface area (Å²) < 4.78 is 21.4. The Hall–Kier alpha value is -2.68. The molecule has 158 valence electrons. The first-order chi connectivity index (χ1) is 13.9. The van der Waals surface area contributed by atoms with Crippen LogP contribution in [0.1, 0.15) is 17.2 Å². The maximum Gasteiger partial charge on any atom is 0.200 e. The molecule has 0 saturated carbocycles. The summed E-state index contributed by atoms with van der Waals surface area (Å²) in [6, 6.07) is 8.04. The van der Waals surface area contributed by atoms with E-state index in [9.17, 15) is 20.4 Å². The van der Waals surface area contributed by atoms with Gasteiger partial charge in [0.15, 0.2) is 23.0 Å². The van der Waals surface area contributed by atoms with Crippen LogP contribution in [0.2, 0.25) is 0 Å². The van der Waals surface area contributed by atoms with Gasteiger partial charge < -0.3 is 39.4 Å². The molecule has 0 spiro atoms. The van der Waals surface area contributed by atoms with Crippen molar-refractivity contribution in [2.24, 2.45) is 5.92 Å². The maximum atomic E-state index is 11.3. The second kappa shape index (κ2) is 8.36. The number of rotatable bonds is 7. The standard InChI is InChI=1S/C21H26O8/c1-26-16-7-12(4-5-15(16)23)6-14-10-29-20(21(14,25)11-22)13-8-17(27-2)19(24)18(9-13)28-3/h4-5,7-9,14,20,22-25H,6,10-11H2,1-3H3/t14-,20+,21+/m0/s1. The molecule has 1 aliphatic rings. The van der Waals surface area contributed by atoms with E-state index in [0.717, 1.165) is 5.56 Å². The molecule has 2 aromatic rings. The molecule has 4 N–H and O–H groups in total. The minimum absolute atomic E-state index is 0.0255. The Morgan fingerprint density at radius 1 is 1.00 bits per heavy atom.